The predicted molar refractivity (Wildman–Crippen MR) is 63.1 cm³/mol. The standard InChI is InChI=1S/C14H11NO/c1-16-14-4-2-3-13(9-14)12-7-5-11(10-15)6-8-12/h2-9H,1H3. The van der Waals surface area contributed by atoms with Crippen molar-refractivity contribution < 1.29 is 4.74 Å². The highest BCUT2D eigenvalue weighted by molar-refractivity contribution is 5.65. The van der Waals surface area contributed by atoms with Crippen LogP contribution in [0.15, 0.2) is 48.5 Å². The zero-order valence-electron chi connectivity index (χ0n) is 8.97. The quantitative estimate of drug-likeness (QED) is 0.760. The van der Waals surface area contributed by atoms with E-state index in [2.05, 4.69) is 6.07 Å². The fraction of sp³-hybridized carbons (Fsp3) is 0.0714. The van der Waals surface area contributed by atoms with Crippen LogP contribution in [0.2, 0.25) is 0 Å². The normalized spacial score (nSPS) is 9.50. The molecule has 0 N–H and O–H groups in total. The van der Waals surface area contributed by atoms with Gasteiger partial charge >= 0.3 is 0 Å². The molecule has 0 aliphatic rings. The van der Waals surface area contributed by atoms with Gasteiger partial charge in [-0.2, -0.15) is 5.26 Å². The van der Waals surface area contributed by atoms with Crippen molar-refractivity contribution in [1.29, 1.82) is 5.26 Å². The number of hydrogen-bond acceptors (Lipinski definition) is 2. The third-order valence-corrected chi connectivity index (χ3v) is 2.42. The van der Waals surface area contributed by atoms with Crippen molar-refractivity contribution in [3.63, 3.8) is 0 Å². The molecule has 78 valence electrons. The SMILES string of the molecule is COc1cccc(-c2ccc(C#N)cc2)c1. The molecular weight excluding hydrogens is 198 g/mol. The van der Waals surface area contributed by atoms with E-state index in [9.17, 15) is 0 Å². The summed E-state index contributed by atoms with van der Waals surface area (Å²) in [6.07, 6.45) is 0. The highest BCUT2D eigenvalue weighted by Crippen LogP contribution is 2.23. The van der Waals surface area contributed by atoms with Crippen LogP contribution in [0.5, 0.6) is 5.75 Å². The largest absolute Gasteiger partial charge is 0.497 e. The second-order valence-corrected chi connectivity index (χ2v) is 3.42. The third kappa shape index (κ3) is 2.04. The first-order valence-electron chi connectivity index (χ1n) is 4.98. The van der Waals surface area contributed by atoms with Gasteiger partial charge < -0.3 is 4.74 Å². The average Bonchev–Trinajstić information content (AvgIpc) is 2.39. The minimum Gasteiger partial charge on any atom is -0.497 e. The average molecular weight is 209 g/mol. The van der Waals surface area contributed by atoms with Crippen molar-refractivity contribution in [3.8, 4) is 22.9 Å². The van der Waals surface area contributed by atoms with Gasteiger partial charge in [0.15, 0.2) is 0 Å². The Labute approximate surface area is 94.7 Å². The molecule has 0 heterocycles. The molecule has 0 unspecified atom stereocenters. The zero-order valence-corrected chi connectivity index (χ0v) is 8.97. The molecule has 0 aliphatic carbocycles. The number of benzene rings is 2. The van der Waals surface area contributed by atoms with Gasteiger partial charge in [-0.3, -0.25) is 0 Å². The first-order valence-corrected chi connectivity index (χ1v) is 4.98. The van der Waals surface area contributed by atoms with Crippen LogP contribution in [0.25, 0.3) is 11.1 Å². The van der Waals surface area contributed by atoms with Gasteiger partial charge in [-0.1, -0.05) is 24.3 Å². The maximum Gasteiger partial charge on any atom is 0.119 e. The third-order valence-electron chi connectivity index (χ3n) is 2.42. The monoisotopic (exact) mass is 209 g/mol. The summed E-state index contributed by atoms with van der Waals surface area (Å²) in [6, 6.07) is 17.5. The minimum absolute atomic E-state index is 0.673. The van der Waals surface area contributed by atoms with E-state index >= 15 is 0 Å². The Bertz CT molecular complexity index is 523. The summed E-state index contributed by atoms with van der Waals surface area (Å²) in [7, 11) is 1.65. The summed E-state index contributed by atoms with van der Waals surface area (Å²) in [5.74, 6) is 0.835. The highest BCUT2D eigenvalue weighted by atomic mass is 16.5. The Morgan fingerprint density at radius 1 is 1.00 bits per heavy atom. The maximum atomic E-state index is 8.71. The maximum absolute atomic E-state index is 8.71. The lowest BCUT2D eigenvalue weighted by molar-refractivity contribution is 0.415. The molecule has 2 nitrogen and oxygen atoms in total. The summed E-state index contributed by atoms with van der Waals surface area (Å²) in [5.41, 5.74) is 2.84. The van der Waals surface area contributed by atoms with Crippen LogP contribution in [0.3, 0.4) is 0 Å². The van der Waals surface area contributed by atoms with E-state index in [1.54, 1.807) is 7.11 Å². The van der Waals surface area contributed by atoms with Gasteiger partial charge in [0.2, 0.25) is 0 Å². The predicted octanol–water partition coefficient (Wildman–Crippen LogP) is 3.23. The summed E-state index contributed by atoms with van der Waals surface area (Å²) in [5, 5.41) is 8.71. The minimum atomic E-state index is 0.673. The first kappa shape index (κ1) is 10.3. The van der Waals surface area contributed by atoms with Crippen LogP contribution in [0.4, 0.5) is 0 Å². The highest BCUT2D eigenvalue weighted by Gasteiger charge is 1.99. The fourth-order valence-corrected chi connectivity index (χ4v) is 1.54. The summed E-state index contributed by atoms with van der Waals surface area (Å²) >= 11 is 0. The summed E-state index contributed by atoms with van der Waals surface area (Å²) in [6.45, 7) is 0. The molecule has 0 saturated heterocycles. The molecule has 0 fully saturated rings. The van der Waals surface area contributed by atoms with E-state index in [4.69, 9.17) is 10.00 Å². The van der Waals surface area contributed by atoms with E-state index in [1.165, 1.54) is 0 Å². The summed E-state index contributed by atoms with van der Waals surface area (Å²) in [4.78, 5) is 0. The molecule has 0 aliphatic heterocycles. The number of hydrogen-bond donors (Lipinski definition) is 0. The van der Waals surface area contributed by atoms with Crippen LogP contribution < -0.4 is 4.74 Å². The lowest BCUT2D eigenvalue weighted by Gasteiger charge is -2.04. The molecule has 2 aromatic rings. The number of nitriles is 1. The molecule has 0 amide bonds. The van der Waals surface area contributed by atoms with Crippen molar-refractivity contribution in [2.45, 2.75) is 0 Å². The zero-order chi connectivity index (χ0) is 11.4. The van der Waals surface area contributed by atoms with E-state index in [0.717, 1.165) is 16.9 Å². The lowest BCUT2D eigenvalue weighted by atomic mass is 10.0. The molecule has 2 aromatic carbocycles. The van der Waals surface area contributed by atoms with Gasteiger partial charge in [-0.05, 0) is 35.4 Å². The Kier molecular flexibility index (Phi) is 2.88. The second kappa shape index (κ2) is 4.50. The van der Waals surface area contributed by atoms with Crippen molar-refractivity contribution in [2.75, 3.05) is 7.11 Å². The molecule has 0 saturated carbocycles. The molecule has 0 radical (unpaired) electrons. The number of nitrogens with zero attached hydrogens (tertiary/aromatic N) is 1. The molecule has 0 bridgehead atoms. The van der Waals surface area contributed by atoms with Crippen LogP contribution in [0.1, 0.15) is 5.56 Å². The second-order valence-electron chi connectivity index (χ2n) is 3.42. The van der Waals surface area contributed by atoms with E-state index in [1.807, 2.05) is 48.5 Å². The Morgan fingerprint density at radius 2 is 1.75 bits per heavy atom. The van der Waals surface area contributed by atoms with Crippen molar-refractivity contribution >= 4 is 0 Å². The van der Waals surface area contributed by atoms with Gasteiger partial charge in [-0.25, -0.2) is 0 Å². The smallest absolute Gasteiger partial charge is 0.119 e. The Hall–Kier alpha value is -2.27. The molecule has 0 aromatic heterocycles. The fourth-order valence-electron chi connectivity index (χ4n) is 1.54. The van der Waals surface area contributed by atoms with Crippen LogP contribution in [-0.2, 0) is 0 Å². The summed E-state index contributed by atoms with van der Waals surface area (Å²) < 4.78 is 5.17. The van der Waals surface area contributed by atoms with Gasteiger partial charge in [0.05, 0.1) is 18.7 Å². The van der Waals surface area contributed by atoms with Crippen molar-refractivity contribution in [3.05, 3.63) is 54.1 Å². The molecule has 16 heavy (non-hydrogen) atoms. The molecule has 2 rings (SSSR count). The lowest BCUT2D eigenvalue weighted by Crippen LogP contribution is -1.84. The first-order chi connectivity index (χ1) is 7.83. The Morgan fingerprint density at radius 3 is 2.38 bits per heavy atom. The number of rotatable bonds is 2. The van der Waals surface area contributed by atoms with Gasteiger partial charge in [0.25, 0.3) is 0 Å². The van der Waals surface area contributed by atoms with Crippen LogP contribution in [-0.4, -0.2) is 7.11 Å². The van der Waals surface area contributed by atoms with E-state index < -0.39 is 0 Å². The topological polar surface area (TPSA) is 33.0 Å². The van der Waals surface area contributed by atoms with Gasteiger partial charge in [-0.15, -0.1) is 0 Å². The van der Waals surface area contributed by atoms with Gasteiger partial charge in [0.1, 0.15) is 5.75 Å². The molecular formula is C14H11NO. The van der Waals surface area contributed by atoms with Crippen molar-refractivity contribution in [2.24, 2.45) is 0 Å². The number of ether oxygens (including phenoxy) is 1. The van der Waals surface area contributed by atoms with Gasteiger partial charge in [0, 0.05) is 0 Å². The van der Waals surface area contributed by atoms with E-state index in [-0.39, 0.29) is 0 Å². The van der Waals surface area contributed by atoms with Crippen LogP contribution in [0, 0.1) is 11.3 Å². The molecule has 0 atom stereocenters. The Balaban J connectivity index is 2.39. The van der Waals surface area contributed by atoms with Crippen molar-refractivity contribution in [1.82, 2.24) is 0 Å². The number of methoxy groups -OCH3 is 1. The molecule has 0 spiro atoms. The molecule has 2 heteroatoms. The van der Waals surface area contributed by atoms with Crippen LogP contribution >= 0.6 is 0 Å². The van der Waals surface area contributed by atoms with E-state index in [0.29, 0.717) is 5.56 Å².